The van der Waals surface area contributed by atoms with Crippen LogP contribution in [0.4, 0.5) is 14.6 Å². The van der Waals surface area contributed by atoms with Crippen LogP contribution in [0, 0.1) is 5.82 Å². The number of nitrogen functional groups attached to an aromatic ring is 1. The molecule has 9 heteroatoms. The molecule has 2 aliphatic rings. The van der Waals surface area contributed by atoms with E-state index in [0.717, 1.165) is 24.0 Å². The number of nitrogens with two attached hydrogens (primary N) is 1. The van der Waals surface area contributed by atoms with Crippen molar-refractivity contribution >= 4 is 16.9 Å². The normalized spacial score (nSPS) is 41.5. The Bertz CT molecular complexity index is 764. The zero-order valence-electron chi connectivity index (χ0n) is 10.9. The van der Waals surface area contributed by atoms with Gasteiger partial charge in [-0.25, -0.2) is 18.7 Å². The maximum absolute atomic E-state index is 14.9. The van der Waals surface area contributed by atoms with Gasteiger partial charge in [-0.05, 0) is 6.92 Å². The number of ether oxygens (including phenoxy) is 1. The van der Waals surface area contributed by atoms with Crippen molar-refractivity contribution in [1.82, 2.24) is 14.5 Å². The van der Waals surface area contributed by atoms with Crippen LogP contribution in [0.5, 0.6) is 0 Å². The molecule has 0 aromatic carbocycles. The summed E-state index contributed by atoms with van der Waals surface area (Å²) < 4.78 is 35.4. The van der Waals surface area contributed by atoms with Gasteiger partial charge in [-0.15, -0.1) is 0 Å². The van der Waals surface area contributed by atoms with Crippen LogP contribution in [-0.2, 0) is 4.74 Å². The maximum Gasteiger partial charge on any atom is 0.186 e. The smallest absolute Gasteiger partial charge is 0.186 e. The summed E-state index contributed by atoms with van der Waals surface area (Å²) in [7, 11) is 0. The molecule has 7 nitrogen and oxygen atoms in total. The lowest BCUT2D eigenvalue weighted by molar-refractivity contribution is -0.114. The van der Waals surface area contributed by atoms with Crippen molar-refractivity contribution in [3.8, 4) is 0 Å². The Labute approximate surface area is 117 Å². The minimum absolute atomic E-state index is 0.0370. The molecule has 0 amide bonds. The number of alkyl halides is 1. The highest BCUT2D eigenvalue weighted by molar-refractivity contribution is 5.86. The Morgan fingerprint density at radius 2 is 2.19 bits per heavy atom. The van der Waals surface area contributed by atoms with E-state index in [4.69, 9.17) is 10.5 Å². The molecule has 1 saturated heterocycles. The summed E-state index contributed by atoms with van der Waals surface area (Å²) in [6.07, 6.45) is -1.54. The molecule has 1 unspecified atom stereocenters. The predicted molar refractivity (Wildman–Crippen MR) is 66.3 cm³/mol. The van der Waals surface area contributed by atoms with Gasteiger partial charge < -0.3 is 20.7 Å². The summed E-state index contributed by atoms with van der Waals surface area (Å²) >= 11 is 0. The predicted octanol–water partition coefficient (Wildman–Crippen LogP) is -0.116. The minimum atomic E-state index is -2.31. The number of nitrogens with zero attached hydrogens (tertiary/aromatic N) is 3. The fourth-order valence-electron chi connectivity index (χ4n) is 3.10. The lowest BCUT2D eigenvalue weighted by Crippen LogP contribution is -2.44. The van der Waals surface area contributed by atoms with Gasteiger partial charge >= 0.3 is 0 Å². The summed E-state index contributed by atoms with van der Waals surface area (Å²) in [5.41, 5.74) is 1.35. The number of anilines is 1. The first kappa shape index (κ1) is 12.9. The van der Waals surface area contributed by atoms with Gasteiger partial charge in [0.25, 0.3) is 0 Å². The monoisotopic (exact) mass is 298 g/mol. The van der Waals surface area contributed by atoms with Gasteiger partial charge in [-0.1, -0.05) is 0 Å². The highest BCUT2D eigenvalue weighted by Crippen LogP contribution is 2.61. The molecule has 4 N–H and O–H groups in total. The Hall–Kier alpha value is -1.84. The van der Waals surface area contributed by atoms with E-state index in [0.29, 0.717) is 0 Å². The first-order valence-corrected chi connectivity index (χ1v) is 6.31. The van der Waals surface area contributed by atoms with Gasteiger partial charge in [-0.2, -0.15) is 0 Å². The molecular formula is C12H12F2N4O3. The van der Waals surface area contributed by atoms with Crippen LogP contribution in [0.3, 0.4) is 0 Å². The summed E-state index contributed by atoms with van der Waals surface area (Å²) in [5, 5.41) is 19.6. The van der Waals surface area contributed by atoms with Crippen LogP contribution in [0.2, 0.25) is 0 Å². The molecule has 0 radical (unpaired) electrons. The minimum Gasteiger partial charge on any atom is -0.387 e. The van der Waals surface area contributed by atoms with Gasteiger partial charge in [0.1, 0.15) is 24.4 Å². The highest BCUT2D eigenvalue weighted by Gasteiger charge is 2.83. The molecule has 1 saturated carbocycles. The Balaban J connectivity index is 1.88. The van der Waals surface area contributed by atoms with E-state index in [1.807, 2.05) is 0 Å². The van der Waals surface area contributed by atoms with Gasteiger partial charge in [0.15, 0.2) is 29.0 Å². The SMILES string of the molecule is C[C@]1(F)[C@H](n2cc(F)c3c(N)ncnc32)O[C@@H]2C(O)[C@@]21O. The summed E-state index contributed by atoms with van der Waals surface area (Å²) in [6, 6.07) is 0. The summed E-state index contributed by atoms with van der Waals surface area (Å²) in [4.78, 5) is 7.58. The van der Waals surface area contributed by atoms with Crippen molar-refractivity contribution in [1.29, 1.82) is 0 Å². The molecule has 2 aromatic heterocycles. The molecule has 0 spiro atoms. The number of fused-ring (bicyclic) bond motifs is 2. The third-order valence-corrected chi connectivity index (χ3v) is 4.43. The quantitative estimate of drug-likeness (QED) is 0.678. The number of aliphatic hydroxyl groups excluding tert-OH is 1. The second-order valence-corrected chi connectivity index (χ2v) is 5.60. The summed E-state index contributed by atoms with van der Waals surface area (Å²) in [6.45, 7) is 1.10. The van der Waals surface area contributed by atoms with Crippen molar-refractivity contribution in [3.05, 3.63) is 18.3 Å². The topological polar surface area (TPSA) is 106 Å². The van der Waals surface area contributed by atoms with Crippen LogP contribution in [0.15, 0.2) is 12.5 Å². The van der Waals surface area contributed by atoms with Crippen molar-refractivity contribution in [3.63, 3.8) is 0 Å². The standard InChI is InChI=1S/C12H12F2N4O3/c1-11(14)10(21-7-6(19)12(7,11)20)18-2-4(13)5-8(15)16-3-17-9(5)18/h2-3,6-7,10,19-20H,1H3,(H2,15,16,17)/t6?,7-,10-,11+,12-/m1/s1. The average molecular weight is 298 g/mol. The van der Waals surface area contributed by atoms with E-state index in [1.165, 1.54) is 0 Å². The molecule has 2 fully saturated rings. The van der Waals surface area contributed by atoms with Crippen LogP contribution >= 0.6 is 0 Å². The number of aromatic nitrogens is 3. The van der Waals surface area contributed by atoms with Crippen molar-refractivity contribution in [2.45, 2.75) is 36.6 Å². The van der Waals surface area contributed by atoms with Gasteiger partial charge in [-0.3, -0.25) is 4.57 Å². The molecule has 21 heavy (non-hydrogen) atoms. The van der Waals surface area contributed by atoms with Crippen LogP contribution in [0.1, 0.15) is 13.2 Å². The number of hydrogen-bond acceptors (Lipinski definition) is 6. The molecule has 0 bridgehead atoms. The van der Waals surface area contributed by atoms with Crippen LogP contribution < -0.4 is 5.73 Å². The van der Waals surface area contributed by atoms with E-state index in [9.17, 15) is 19.0 Å². The summed E-state index contributed by atoms with van der Waals surface area (Å²) in [5.74, 6) is -0.783. The van der Waals surface area contributed by atoms with E-state index in [2.05, 4.69) is 9.97 Å². The van der Waals surface area contributed by atoms with Gasteiger partial charge in [0.05, 0.1) is 5.39 Å². The van der Waals surface area contributed by atoms with Crippen molar-refractivity contribution < 1.29 is 23.7 Å². The molecule has 3 heterocycles. The second-order valence-electron chi connectivity index (χ2n) is 5.60. The third kappa shape index (κ3) is 1.27. The van der Waals surface area contributed by atoms with E-state index in [1.54, 1.807) is 0 Å². The fourth-order valence-corrected chi connectivity index (χ4v) is 3.10. The zero-order chi connectivity index (χ0) is 15.2. The van der Waals surface area contributed by atoms with Crippen molar-refractivity contribution in [2.24, 2.45) is 0 Å². The molecule has 2 aromatic rings. The Morgan fingerprint density at radius 1 is 1.48 bits per heavy atom. The maximum atomic E-state index is 14.9. The van der Waals surface area contributed by atoms with Crippen LogP contribution in [0.25, 0.3) is 11.0 Å². The molecule has 1 aliphatic carbocycles. The molecule has 112 valence electrons. The highest BCUT2D eigenvalue weighted by atomic mass is 19.1. The Morgan fingerprint density at radius 3 is 2.81 bits per heavy atom. The van der Waals surface area contributed by atoms with E-state index >= 15 is 0 Å². The van der Waals surface area contributed by atoms with Gasteiger partial charge in [0, 0.05) is 6.20 Å². The number of rotatable bonds is 1. The van der Waals surface area contributed by atoms with Crippen molar-refractivity contribution in [2.75, 3.05) is 5.73 Å². The van der Waals surface area contributed by atoms with Gasteiger partial charge in [0.2, 0.25) is 0 Å². The van der Waals surface area contributed by atoms with E-state index in [-0.39, 0.29) is 16.9 Å². The molecule has 4 rings (SSSR count). The second kappa shape index (κ2) is 3.49. The number of halogens is 2. The molecular weight excluding hydrogens is 286 g/mol. The number of aliphatic hydroxyl groups is 2. The van der Waals surface area contributed by atoms with Crippen LogP contribution in [-0.4, -0.2) is 48.2 Å². The molecule has 5 atom stereocenters. The largest absolute Gasteiger partial charge is 0.387 e. The first-order valence-electron chi connectivity index (χ1n) is 6.31. The first-order chi connectivity index (χ1) is 9.80. The zero-order valence-corrected chi connectivity index (χ0v) is 10.9. The fraction of sp³-hybridized carbons (Fsp3) is 0.500. The number of hydrogen-bond donors (Lipinski definition) is 3. The third-order valence-electron chi connectivity index (χ3n) is 4.43. The van der Waals surface area contributed by atoms with E-state index < -0.39 is 35.5 Å². The lowest BCUT2D eigenvalue weighted by Gasteiger charge is -2.30. The lowest BCUT2D eigenvalue weighted by atomic mass is 9.97. The Kier molecular flexibility index (Phi) is 2.14. The molecule has 1 aliphatic heterocycles. The average Bonchev–Trinajstić information content (AvgIpc) is 2.71.